The average Bonchev–Trinajstić information content (AvgIpc) is 2.40. The molecule has 7 heteroatoms. The average molecular weight is 288 g/mol. The third kappa shape index (κ3) is 3.69. The molecule has 7 nitrogen and oxygen atoms in total. The van der Waals surface area contributed by atoms with E-state index in [9.17, 15) is 14.4 Å². The van der Waals surface area contributed by atoms with Crippen LogP contribution in [0, 0.1) is 0 Å². The van der Waals surface area contributed by atoms with Gasteiger partial charge in [-0.2, -0.15) is 0 Å². The van der Waals surface area contributed by atoms with Crippen LogP contribution >= 0.6 is 0 Å². The molecule has 108 valence electrons. The zero-order chi connectivity index (χ0) is 15.4. The van der Waals surface area contributed by atoms with E-state index in [4.69, 9.17) is 14.9 Å². The molecule has 0 unspecified atom stereocenters. The lowest BCUT2D eigenvalue weighted by Crippen LogP contribution is -2.19. The van der Waals surface area contributed by atoms with E-state index >= 15 is 0 Å². The van der Waals surface area contributed by atoms with Crippen molar-refractivity contribution in [3.05, 3.63) is 46.8 Å². The molecule has 0 bridgehead atoms. The lowest BCUT2D eigenvalue weighted by atomic mass is 10.1. The highest BCUT2D eigenvalue weighted by atomic mass is 16.5. The number of amides is 2. The Morgan fingerprint density at radius 2 is 2.05 bits per heavy atom. The normalized spacial score (nSPS) is 9.95. The fraction of sp³-hybridized carbons (Fsp3) is 0.0714. The number of urea groups is 1. The smallest absolute Gasteiger partial charge is 0.316 e. The van der Waals surface area contributed by atoms with Crippen LogP contribution in [-0.2, 0) is 4.79 Å². The van der Waals surface area contributed by atoms with Crippen LogP contribution in [0.2, 0.25) is 0 Å². The van der Waals surface area contributed by atoms with Gasteiger partial charge in [0.05, 0.1) is 0 Å². The van der Waals surface area contributed by atoms with Crippen molar-refractivity contribution in [2.24, 2.45) is 5.73 Å². The first-order chi connectivity index (χ1) is 9.95. The summed E-state index contributed by atoms with van der Waals surface area (Å²) in [4.78, 5) is 33.4. The maximum Gasteiger partial charge on any atom is 0.316 e. The maximum atomic E-state index is 11.8. The Kier molecular flexibility index (Phi) is 4.03. The minimum absolute atomic E-state index is 0.183. The van der Waals surface area contributed by atoms with Gasteiger partial charge in [-0.15, -0.1) is 0 Å². The molecule has 21 heavy (non-hydrogen) atoms. The third-order valence-electron chi connectivity index (χ3n) is 2.47. The second kappa shape index (κ2) is 5.91. The monoisotopic (exact) mass is 288 g/mol. The van der Waals surface area contributed by atoms with Crippen molar-refractivity contribution >= 4 is 17.7 Å². The van der Waals surface area contributed by atoms with Gasteiger partial charge in [0, 0.05) is 24.2 Å². The zero-order valence-electron chi connectivity index (χ0n) is 11.1. The number of carbonyl (C=O) groups is 2. The fourth-order valence-electron chi connectivity index (χ4n) is 1.67. The summed E-state index contributed by atoms with van der Waals surface area (Å²) in [5.74, 6) is -0.524. The van der Waals surface area contributed by atoms with E-state index in [0.29, 0.717) is 11.3 Å². The highest BCUT2D eigenvalue weighted by Gasteiger charge is 2.09. The van der Waals surface area contributed by atoms with Crippen LogP contribution in [0.15, 0.2) is 45.8 Å². The van der Waals surface area contributed by atoms with Gasteiger partial charge in [0.25, 0.3) is 0 Å². The fourth-order valence-corrected chi connectivity index (χ4v) is 1.67. The summed E-state index contributed by atoms with van der Waals surface area (Å²) in [6, 6.07) is 7.09. The van der Waals surface area contributed by atoms with Gasteiger partial charge in [-0.1, -0.05) is 12.1 Å². The molecule has 0 saturated carbocycles. The van der Waals surface area contributed by atoms with Crippen LogP contribution in [0.4, 0.5) is 10.5 Å². The molecule has 0 aliphatic carbocycles. The van der Waals surface area contributed by atoms with Crippen LogP contribution in [0.3, 0.4) is 0 Å². The third-order valence-corrected chi connectivity index (χ3v) is 2.47. The van der Waals surface area contributed by atoms with E-state index in [1.807, 2.05) is 0 Å². The molecule has 2 aromatic rings. The van der Waals surface area contributed by atoms with Gasteiger partial charge in [-0.3, -0.25) is 9.59 Å². The van der Waals surface area contributed by atoms with E-state index in [1.54, 1.807) is 24.3 Å². The Hall–Kier alpha value is -3.09. The van der Waals surface area contributed by atoms with E-state index in [-0.39, 0.29) is 11.5 Å². The van der Waals surface area contributed by atoms with Crippen LogP contribution in [-0.4, -0.2) is 12.0 Å². The minimum atomic E-state index is -0.696. The number of primary amides is 1. The lowest BCUT2D eigenvalue weighted by Gasteiger charge is -2.05. The van der Waals surface area contributed by atoms with Gasteiger partial charge in [-0.05, 0) is 12.1 Å². The number of ether oxygens (including phenoxy) is 1. The molecule has 1 aromatic carbocycles. The zero-order valence-corrected chi connectivity index (χ0v) is 11.1. The molecule has 3 N–H and O–H groups in total. The Bertz CT molecular complexity index is 751. The molecule has 1 aromatic heterocycles. The van der Waals surface area contributed by atoms with E-state index < -0.39 is 17.4 Å². The predicted octanol–water partition coefficient (Wildman–Crippen LogP) is 1.72. The highest BCUT2D eigenvalue weighted by Crippen LogP contribution is 2.22. The summed E-state index contributed by atoms with van der Waals surface area (Å²) in [5.41, 5.74) is 5.57. The summed E-state index contributed by atoms with van der Waals surface area (Å²) in [6.45, 7) is 1.19. The van der Waals surface area contributed by atoms with Gasteiger partial charge in [0.2, 0.25) is 11.2 Å². The highest BCUT2D eigenvalue weighted by molar-refractivity contribution is 5.88. The van der Waals surface area contributed by atoms with Gasteiger partial charge in [0.15, 0.2) is 0 Å². The molecule has 0 spiro atoms. The number of hydrogen-bond acceptors (Lipinski definition) is 5. The molecule has 0 aliphatic heterocycles. The number of benzene rings is 1. The second-order valence-electron chi connectivity index (χ2n) is 4.14. The summed E-state index contributed by atoms with van der Waals surface area (Å²) >= 11 is 0. The SMILES string of the molecule is CC(=O)Oc1coc(-c2cccc(NC(N)=O)c2)cc1=O. The van der Waals surface area contributed by atoms with Crippen molar-refractivity contribution in [1.29, 1.82) is 0 Å². The summed E-state index contributed by atoms with van der Waals surface area (Å²) in [7, 11) is 0. The van der Waals surface area contributed by atoms with Crippen molar-refractivity contribution in [1.82, 2.24) is 0 Å². The molecule has 0 atom stereocenters. The molecular weight excluding hydrogens is 276 g/mol. The van der Waals surface area contributed by atoms with Crippen LogP contribution in [0.1, 0.15) is 6.92 Å². The van der Waals surface area contributed by atoms with Gasteiger partial charge in [0.1, 0.15) is 12.0 Å². The number of hydrogen-bond donors (Lipinski definition) is 2. The van der Waals surface area contributed by atoms with Gasteiger partial charge in [-0.25, -0.2) is 4.79 Å². The van der Waals surface area contributed by atoms with Crippen molar-refractivity contribution in [2.45, 2.75) is 6.92 Å². The van der Waals surface area contributed by atoms with Crippen LogP contribution in [0.25, 0.3) is 11.3 Å². The predicted molar refractivity (Wildman–Crippen MR) is 74.9 cm³/mol. The van der Waals surface area contributed by atoms with Gasteiger partial charge >= 0.3 is 12.0 Å². The summed E-state index contributed by atoms with van der Waals surface area (Å²) in [5, 5.41) is 2.42. The molecule has 0 radical (unpaired) electrons. The largest absolute Gasteiger partial charge is 0.460 e. The maximum absolute atomic E-state index is 11.8. The molecule has 1 heterocycles. The Morgan fingerprint density at radius 3 is 2.67 bits per heavy atom. The summed E-state index contributed by atoms with van der Waals surface area (Å²) in [6.07, 6.45) is 1.06. The molecule has 2 rings (SSSR count). The lowest BCUT2D eigenvalue weighted by molar-refractivity contribution is -0.132. The quantitative estimate of drug-likeness (QED) is 0.835. The minimum Gasteiger partial charge on any atom is -0.460 e. The van der Waals surface area contributed by atoms with E-state index in [2.05, 4.69) is 5.32 Å². The van der Waals surface area contributed by atoms with Crippen molar-refractivity contribution in [3.8, 4) is 17.1 Å². The number of nitrogens with two attached hydrogens (primary N) is 1. The van der Waals surface area contributed by atoms with Gasteiger partial charge < -0.3 is 20.2 Å². The number of nitrogens with one attached hydrogen (secondary N) is 1. The number of carbonyl (C=O) groups excluding carboxylic acids is 2. The Labute approximate surface area is 119 Å². The molecule has 2 amide bonds. The first-order valence-corrected chi connectivity index (χ1v) is 5.94. The standard InChI is InChI=1S/C14H12N2O5/c1-8(17)21-13-7-20-12(6-11(13)18)9-3-2-4-10(5-9)16-14(15)19/h2-7H,1H3,(H3,15,16,19). The molecule has 0 saturated heterocycles. The van der Waals surface area contributed by atoms with Crippen molar-refractivity contribution in [2.75, 3.05) is 5.32 Å². The first kappa shape index (κ1) is 14.3. The molecule has 0 aliphatic rings. The van der Waals surface area contributed by atoms with E-state index in [0.717, 1.165) is 6.26 Å². The number of anilines is 1. The molecule has 0 fully saturated rings. The van der Waals surface area contributed by atoms with Crippen molar-refractivity contribution in [3.63, 3.8) is 0 Å². The second-order valence-corrected chi connectivity index (χ2v) is 4.14. The van der Waals surface area contributed by atoms with E-state index in [1.165, 1.54) is 13.0 Å². The van der Waals surface area contributed by atoms with Crippen LogP contribution in [0.5, 0.6) is 5.75 Å². The number of rotatable bonds is 3. The van der Waals surface area contributed by atoms with Crippen LogP contribution < -0.4 is 21.2 Å². The summed E-state index contributed by atoms with van der Waals surface area (Å²) < 4.78 is 9.96. The Balaban J connectivity index is 2.34. The Morgan fingerprint density at radius 1 is 1.29 bits per heavy atom. The topological polar surface area (TPSA) is 112 Å². The van der Waals surface area contributed by atoms with Crippen molar-refractivity contribution < 1.29 is 18.7 Å². The first-order valence-electron chi connectivity index (χ1n) is 5.94. The number of esters is 1. The molecular formula is C14H12N2O5.